The zero-order valence-corrected chi connectivity index (χ0v) is 12.0. The fraction of sp³-hybridized carbons (Fsp3) is 0.467. The van der Waals surface area contributed by atoms with Crippen LogP contribution < -0.4 is 5.32 Å². The van der Waals surface area contributed by atoms with E-state index in [0.29, 0.717) is 5.02 Å². The Balaban J connectivity index is 1.51. The number of likely N-dealkylation sites (tertiary alicyclic amines) is 1. The molecule has 3 saturated heterocycles. The van der Waals surface area contributed by atoms with E-state index in [-0.39, 0.29) is 42.5 Å². The van der Waals surface area contributed by atoms with Crippen molar-refractivity contribution in [2.75, 3.05) is 12.0 Å². The number of carbonyl (C=O) groups is 2. The second-order valence-electron chi connectivity index (χ2n) is 5.76. The first-order chi connectivity index (χ1) is 10.2. The van der Waals surface area contributed by atoms with E-state index in [1.165, 1.54) is 4.90 Å². The topological polar surface area (TPSA) is 58.6 Å². The molecule has 3 heterocycles. The van der Waals surface area contributed by atoms with Crippen molar-refractivity contribution in [3.8, 4) is 0 Å². The molecule has 0 saturated carbocycles. The number of para-hydroxylation sites is 1. The molecule has 5 nitrogen and oxygen atoms in total. The minimum absolute atomic E-state index is 0.0678. The number of nitrogens with zero attached hydrogens (tertiary/aromatic N) is 1. The van der Waals surface area contributed by atoms with Gasteiger partial charge in [-0.1, -0.05) is 23.7 Å². The monoisotopic (exact) mass is 306 g/mol. The number of hydrogen-bond donors (Lipinski definition) is 1. The molecule has 110 valence electrons. The number of rotatable bonds is 3. The molecule has 0 aromatic heterocycles. The van der Waals surface area contributed by atoms with Crippen molar-refractivity contribution in [2.45, 2.75) is 25.0 Å². The Hall–Kier alpha value is -1.59. The van der Waals surface area contributed by atoms with Crippen molar-refractivity contribution in [1.29, 1.82) is 0 Å². The summed E-state index contributed by atoms with van der Waals surface area (Å²) in [6.45, 7) is 0.161. The van der Waals surface area contributed by atoms with Gasteiger partial charge in [0.05, 0.1) is 41.4 Å². The second kappa shape index (κ2) is 4.71. The molecule has 2 amide bonds. The van der Waals surface area contributed by atoms with Crippen molar-refractivity contribution in [3.63, 3.8) is 0 Å². The summed E-state index contributed by atoms with van der Waals surface area (Å²) in [5.41, 5.74) is 0.719. The molecule has 3 fully saturated rings. The lowest BCUT2D eigenvalue weighted by Gasteiger charge is -2.19. The number of halogens is 1. The van der Waals surface area contributed by atoms with Crippen molar-refractivity contribution in [2.24, 2.45) is 11.8 Å². The third-order valence-electron chi connectivity index (χ3n) is 4.68. The highest BCUT2D eigenvalue weighted by atomic mass is 35.5. The van der Waals surface area contributed by atoms with E-state index in [9.17, 15) is 9.59 Å². The number of ether oxygens (including phenoxy) is 1. The van der Waals surface area contributed by atoms with Gasteiger partial charge in [-0.3, -0.25) is 14.5 Å². The largest absolute Gasteiger partial charge is 0.373 e. The summed E-state index contributed by atoms with van der Waals surface area (Å²) in [7, 11) is 0. The molecule has 0 radical (unpaired) electrons. The highest BCUT2D eigenvalue weighted by Crippen LogP contribution is 2.48. The van der Waals surface area contributed by atoms with Gasteiger partial charge in [-0.15, -0.1) is 0 Å². The summed E-state index contributed by atoms with van der Waals surface area (Å²) in [6, 6.07) is 7.27. The lowest BCUT2D eigenvalue weighted by Crippen LogP contribution is -2.38. The molecule has 1 aromatic rings. The van der Waals surface area contributed by atoms with Crippen LogP contribution in [0.3, 0.4) is 0 Å². The number of anilines is 1. The highest BCUT2D eigenvalue weighted by molar-refractivity contribution is 6.33. The van der Waals surface area contributed by atoms with Crippen LogP contribution in [0.4, 0.5) is 5.69 Å². The number of imide groups is 1. The van der Waals surface area contributed by atoms with Crippen molar-refractivity contribution < 1.29 is 14.3 Å². The van der Waals surface area contributed by atoms with Gasteiger partial charge in [-0.05, 0) is 25.0 Å². The van der Waals surface area contributed by atoms with Crippen molar-refractivity contribution >= 4 is 29.1 Å². The third kappa shape index (κ3) is 1.88. The van der Waals surface area contributed by atoms with Crippen LogP contribution in [0.25, 0.3) is 0 Å². The van der Waals surface area contributed by atoms with Crippen LogP contribution >= 0.6 is 11.6 Å². The Morgan fingerprint density at radius 3 is 2.38 bits per heavy atom. The standard InChI is InChI=1S/C15H15ClN2O3/c16-8-3-1-2-4-9(8)17-7-18-14(19)12-10-5-6-11(21-10)13(12)15(18)20/h1-4,10-13,17H,5-7H2/t10?,11?,12-,13-/m1/s1. The average molecular weight is 307 g/mol. The zero-order chi connectivity index (χ0) is 14.6. The maximum Gasteiger partial charge on any atom is 0.237 e. The summed E-state index contributed by atoms with van der Waals surface area (Å²) in [6.07, 6.45) is 1.64. The summed E-state index contributed by atoms with van der Waals surface area (Å²) in [4.78, 5) is 26.2. The molecule has 2 bridgehead atoms. The molecule has 2 unspecified atom stereocenters. The van der Waals surface area contributed by atoms with Gasteiger partial charge in [0.2, 0.25) is 11.8 Å². The summed E-state index contributed by atoms with van der Waals surface area (Å²) in [5, 5.41) is 3.64. The lowest BCUT2D eigenvalue weighted by molar-refractivity contribution is -0.142. The fourth-order valence-corrected chi connectivity index (χ4v) is 3.90. The fourth-order valence-electron chi connectivity index (χ4n) is 3.70. The van der Waals surface area contributed by atoms with Gasteiger partial charge in [0, 0.05) is 0 Å². The number of fused-ring (bicyclic) bond motifs is 5. The van der Waals surface area contributed by atoms with Gasteiger partial charge in [-0.25, -0.2) is 0 Å². The van der Waals surface area contributed by atoms with Gasteiger partial charge in [0.1, 0.15) is 0 Å². The van der Waals surface area contributed by atoms with Crippen molar-refractivity contribution in [1.82, 2.24) is 4.90 Å². The summed E-state index contributed by atoms with van der Waals surface area (Å²) >= 11 is 6.06. The maximum absolute atomic E-state index is 12.4. The van der Waals surface area contributed by atoms with E-state index in [1.54, 1.807) is 6.07 Å². The molecular formula is C15H15ClN2O3. The van der Waals surface area contributed by atoms with E-state index in [1.807, 2.05) is 18.2 Å². The van der Waals surface area contributed by atoms with E-state index < -0.39 is 0 Å². The quantitative estimate of drug-likeness (QED) is 0.866. The first-order valence-electron chi connectivity index (χ1n) is 7.16. The first-order valence-corrected chi connectivity index (χ1v) is 7.53. The Bertz CT molecular complexity index is 593. The van der Waals surface area contributed by atoms with E-state index >= 15 is 0 Å². The summed E-state index contributed by atoms with van der Waals surface area (Å²) < 4.78 is 5.70. The SMILES string of the molecule is O=C1[C@@H]2C3CCC(O3)[C@H]2C(=O)N1CNc1ccccc1Cl. The Kier molecular flexibility index (Phi) is 2.94. The molecule has 21 heavy (non-hydrogen) atoms. The Labute approximate surface area is 127 Å². The van der Waals surface area contributed by atoms with Gasteiger partial charge < -0.3 is 10.1 Å². The highest BCUT2D eigenvalue weighted by Gasteiger charge is 2.62. The predicted molar refractivity (Wildman–Crippen MR) is 76.7 cm³/mol. The van der Waals surface area contributed by atoms with Crippen LogP contribution in [0.15, 0.2) is 24.3 Å². The molecule has 6 heteroatoms. The minimum atomic E-state index is -0.274. The van der Waals surface area contributed by atoms with Crippen LogP contribution in [0, 0.1) is 11.8 Å². The molecule has 1 aromatic carbocycles. The van der Waals surface area contributed by atoms with Gasteiger partial charge in [0.25, 0.3) is 0 Å². The van der Waals surface area contributed by atoms with Gasteiger partial charge >= 0.3 is 0 Å². The maximum atomic E-state index is 12.4. The minimum Gasteiger partial charge on any atom is -0.373 e. The smallest absolute Gasteiger partial charge is 0.237 e. The first kappa shape index (κ1) is 13.1. The Morgan fingerprint density at radius 1 is 1.14 bits per heavy atom. The van der Waals surface area contributed by atoms with Gasteiger partial charge in [-0.2, -0.15) is 0 Å². The number of hydrogen-bond acceptors (Lipinski definition) is 4. The number of benzene rings is 1. The van der Waals surface area contributed by atoms with Crippen LogP contribution in [-0.2, 0) is 14.3 Å². The summed E-state index contributed by atoms with van der Waals surface area (Å²) in [5.74, 6) is -0.776. The zero-order valence-electron chi connectivity index (χ0n) is 11.3. The van der Waals surface area contributed by atoms with Gasteiger partial charge in [0.15, 0.2) is 0 Å². The third-order valence-corrected chi connectivity index (χ3v) is 5.01. The van der Waals surface area contributed by atoms with Crippen LogP contribution in [0.5, 0.6) is 0 Å². The number of carbonyl (C=O) groups excluding carboxylic acids is 2. The molecule has 4 atom stereocenters. The normalized spacial score (nSPS) is 33.7. The number of nitrogens with one attached hydrogen (secondary N) is 1. The van der Waals surface area contributed by atoms with Crippen LogP contribution in [0.2, 0.25) is 5.02 Å². The number of amides is 2. The molecule has 3 aliphatic rings. The predicted octanol–water partition coefficient (Wildman–Crippen LogP) is 1.87. The van der Waals surface area contributed by atoms with Crippen LogP contribution in [0.1, 0.15) is 12.8 Å². The van der Waals surface area contributed by atoms with E-state index in [2.05, 4.69) is 5.32 Å². The molecule has 0 spiro atoms. The molecule has 3 aliphatic heterocycles. The molecule has 1 N–H and O–H groups in total. The molecular weight excluding hydrogens is 292 g/mol. The lowest BCUT2D eigenvalue weighted by atomic mass is 9.81. The molecule has 0 aliphatic carbocycles. The Morgan fingerprint density at radius 2 is 1.76 bits per heavy atom. The average Bonchev–Trinajstić information content (AvgIpc) is 3.14. The van der Waals surface area contributed by atoms with Crippen LogP contribution in [-0.4, -0.2) is 35.6 Å². The molecule has 4 rings (SSSR count). The second-order valence-corrected chi connectivity index (χ2v) is 6.17. The van der Waals surface area contributed by atoms with E-state index in [0.717, 1.165) is 18.5 Å². The van der Waals surface area contributed by atoms with E-state index in [4.69, 9.17) is 16.3 Å². The van der Waals surface area contributed by atoms with Crippen molar-refractivity contribution in [3.05, 3.63) is 29.3 Å².